The second-order valence-corrected chi connectivity index (χ2v) is 12.4. The van der Waals surface area contributed by atoms with Crippen molar-refractivity contribution in [2.75, 3.05) is 13.1 Å². The molecule has 0 aliphatic rings. The third kappa shape index (κ3) is 12.9. The van der Waals surface area contributed by atoms with Crippen LogP contribution in [-0.2, 0) is 41.4 Å². The summed E-state index contributed by atoms with van der Waals surface area (Å²) in [5.74, 6) is -4.34. The lowest BCUT2D eigenvalue weighted by Gasteiger charge is -2.33. The van der Waals surface area contributed by atoms with Crippen LogP contribution in [0.1, 0.15) is 47.9 Å². The van der Waals surface area contributed by atoms with Gasteiger partial charge in [-0.3, -0.25) is 30.2 Å². The molecule has 0 fully saturated rings. The molecule has 0 aliphatic heterocycles. The number of aliphatic imine (C=N–C) groups is 1. The highest BCUT2D eigenvalue weighted by atomic mass is 32.2. The zero-order chi connectivity index (χ0) is 35.2. The monoisotopic (exact) mass is 672 g/mol. The fraction of sp³-hybridized carbons (Fsp3) is 0.345. The highest BCUT2D eigenvalue weighted by molar-refractivity contribution is 7.88. The lowest BCUT2D eigenvalue weighted by atomic mass is 9.85. The van der Waals surface area contributed by atoms with E-state index in [1.807, 2.05) is 0 Å². The minimum absolute atomic E-state index is 0.125. The summed E-state index contributed by atoms with van der Waals surface area (Å²) in [7, 11) is -4.38. The average molecular weight is 673 g/mol. The minimum Gasteiger partial charge on any atom is -0.481 e. The number of carbonyl (C=O) groups is 4. The van der Waals surface area contributed by atoms with Gasteiger partial charge in [0.05, 0.1) is 18.3 Å². The molecule has 0 unspecified atom stereocenters. The van der Waals surface area contributed by atoms with E-state index in [1.54, 1.807) is 6.07 Å². The third-order valence-corrected chi connectivity index (χ3v) is 8.22. The van der Waals surface area contributed by atoms with Gasteiger partial charge in [-0.05, 0) is 36.5 Å². The number of nitrogen functional groups attached to an aromatic ring is 2. The van der Waals surface area contributed by atoms with Gasteiger partial charge in [-0.15, -0.1) is 0 Å². The van der Waals surface area contributed by atoms with Crippen molar-refractivity contribution < 1.29 is 32.7 Å². The molecular weight excluding hydrogens is 632 g/mol. The van der Waals surface area contributed by atoms with Gasteiger partial charge in [0.15, 0.2) is 5.96 Å². The number of nitrogens with zero attached hydrogens (tertiary/aromatic N) is 1. The summed E-state index contributed by atoms with van der Waals surface area (Å²) in [6.45, 7) is -0.454. The van der Waals surface area contributed by atoms with Gasteiger partial charge in [0.1, 0.15) is 23.5 Å². The average Bonchev–Trinajstić information content (AvgIpc) is 2.99. The van der Waals surface area contributed by atoms with Crippen molar-refractivity contribution in [3.8, 4) is 0 Å². The number of rotatable bonds is 20. The Morgan fingerprint density at radius 1 is 0.979 bits per heavy atom. The Hall–Kier alpha value is -5.36. The molecule has 17 nitrogen and oxygen atoms in total. The van der Waals surface area contributed by atoms with E-state index < -0.39 is 64.5 Å². The Morgan fingerprint density at radius 3 is 2.21 bits per heavy atom. The Balaban J connectivity index is 2.40. The molecule has 2 aromatic carbocycles. The zero-order valence-corrected chi connectivity index (χ0v) is 26.3. The van der Waals surface area contributed by atoms with Crippen molar-refractivity contribution >= 4 is 51.7 Å². The summed E-state index contributed by atoms with van der Waals surface area (Å²) in [6.07, 6.45) is -0.465. The van der Waals surface area contributed by atoms with Crippen LogP contribution in [0.4, 0.5) is 0 Å². The summed E-state index contributed by atoms with van der Waals surface area (Å²) >= 11 is 0. The molecule has 2 rings (SSSR count). The van der Waals surface area contributed by atoms with Crippen molar-refractivity contribution in [2.24, 2.45) is 27.9 Å². The van der Waals surface area contributed by atoms with Gasteiger partial charge in [-0.1, -0.05) is 42.5 Å². The molecule has 0 saturated carbocycles. The zero-order valence-electron chi connectivity index (χ0n) is 25.5. The van der Waals surface area contributed by atoms with Crippen LogP contribution in [0.5, 0.6) is 0 Å². The molecule has 0 aromatic heterocycles. The summed E-state index contributed by atoms with van der Waals surface area (Å²) < 4.78 is 29.5. The van der Waals surface area contributed by atoms with E-state index >= 15 is 0 Å². The summed E-state index contributed by atoms with van der Waals surface area (Å²) in [6, 6.07) is 11.0. The first-order valence-corrected chi connectivity index (χ1v) is 15.9. The minimum atomic E-state index is -4.38. The number of aldehydes is 1. The van der Waals surface area contributed by atoms with Crippen molar-refractivity contribution in [1.29, 1.82) is 10.8 Å². The van der Waals surface area contributed by atoms with E-state index in [0.717, 1.165) is 0 Å². The lowest BCUT2D eigenvalue weighted by molar-refractivity contribution is -0.138. The number of amides is 2. The predicted molar refractivity (Wildman–Crippen MR) is 175 cm³/mol. The molecule has 18 heteroatoms. The van der Waals surface area contributed by atoms with Crippen LogP contribution in [0.3, 0.4) is 0 Å². The highest BCUT2D eigenvalue weighted by Crippen LogP contribution is 2.24. The van der Waals surface area contributed by atoms with Crippen LogP contribution >= 0.6 is 0 Å². The number of nitrogens with one attached hydrogen (secondary N) is 5. The molecule has 254 valence electrons. The van der Waals surface area contributed by atoms with Crippen molar-refractivity contribution in [3.63, 3.8) is 0 Å². The van der Waals surface area contributed by atoms with Gasteiger partial charge in [0.2, 0.25) is 21.8 Å². The topological polar surface area (TPSA) is 323 Å². The standard InChI is InChI=1S/C29H40N10O7S/c30-25(31)20-8-6-18(7-9-20)17-47(45,46)39-29(11-10-24(42)43,14-19-3-1-4-21(13-19)26(32)33)27(44)37-15-23(41)38-22(16-40)5-2-12-36-28(34)35/h1,3-4,6-9,13,16,22,39H,2,5,10-12,14-15,17H2,(H3,30,31)(H3,32,33)(H,37,44)(H,38,41)(H,42,43)(H4,34,35,36)/t22-,29-/m0/s1. The van der Waals surface area contributed by atoms with Crippen LogP contribution < -0.4 is 38.3 Å². The van der Waals surface area contributed by atoms with E-state index in [2.05, 4.69) is 20.3 Å². The van der Waals surface area contributed by atoms with Gasteiger partial charge in [-0.25, -0.2) is 8.42 Å². The number of hydrogen-bond donors (Lipinski definition) is 10. The number of amidine groups is 2. The quantitative estimate of drug-likeness (QED) is 0.0329. The van der Waals surface area contributed by atoms with Crippen LogP contribution in [0.25, 0.3) is 0 Å². The molecule has 0 radical (unpaired) electrons. The second-order valence-electron chi connectivity index (χ2n) is 10.7. The first-order chi connectivity index (χ1) is 22.1. The van der Waals surface area contributed by atoms with Gasteiger partial charge in [0.25, 0.3) is 0 Å². The Morgan fingerprint density at radius 2 is 1.64 bits per heavy atom. The number of sulfonamides is 1. The van der Waals surface area contributed by atoms with E-state index in [0.29, 0.717) is 23.8 Å². The van der Waals surface area contributed by atoms with Gasteiger partial charge in [0, 0.05) is 30.5 Å². The number of carboxylic acid groups (broad SMARTS) is 1. The normalized spacial score (nSPS) is 12.9. The number of carbonyl (C=O) groups excluding carboxylic acids is 3. The molecule has 47 heavy (non-hydrogen) atoms. The first kappa shape index (κ1) is 37.8. The largest absolute Gasteiger partial charge is 0.481 e. The first-order valence-electron chi connectivity index (χ1n) is 14.2. The van der Waals surface area contributed by atoms with Crippen molar-refractivity contribution in [1.82, 2.24) is 15.4 Å². The summed E-state index contributed by atoms with van der Waals surface area (Å²) in [5.41, 5.74) is 20.8. The predicted octanol–water partition coefficient (Wildman–Crippen LogP) is -1.63. The van der Waals surface area contributed by atoms with Crippen LogP contribution in [0, 0.1) is 10.8 Å². The maximum atomic E-state index is 13.9. The maximum absolute atomic E-state index is 13.9. The molecule has 0 saturated heterocycles. The fourth-order valence-electron chi connectivity index (χ4n) is 4.55. The molecule has 0 spiro atoms. The smallest absolute Gasteiger partial charge is 0.303 e. The van der Waals surface area contributed by atoms with E-state index in [-0.39, 0.29) is 48.1 Å². The van der Waals surface area contributed by atoms with Crippen LogP contribution in [0.15, 0.2) is 53.5 Å². The highest BCUT2D eigenvalue weighted by Gasteiger charge is 2.42. The maximum Gasteiger partial charge on any atom is 0.303 e. The number of hydrogen-bond acceptors (Lipinski definition) is 9. The molecule has 2 atom stereocenters. The van der Waals surface area contributed by atoms with Crippen LogP contribution in [-0.4, -0.2) is 79.9 Å². The molecule has 0 bridgehead atoms. The molecule has 0 aliphatic carbocycles. The number of nitrogens with two attached hydrogens (primary N) is 4. The SMILES string of the molecule is N=C(N)c1ccc(CS(=O)(=O)N[C@@](CCC(=O)O)(Cc2cccc(C(=N)N)c2)C(=O)NCC(=O)N[C@H](C=O)CCCN=C(N)N)cc1. The van der Waals surface area contributed by atoms with Gasteiger partial charge >= 0.3 is 5.97 Å². The molecule has 14 N–H and O–H groups in total. The van der Waals surface area contributed by atoms with E-state index in [4.69, 9.17) is 33.8 Å². The van der Waals surface area contributed by atoms with Crippen LogP contribution in [0.2, 0.25) is 0 Å². The molecule has 0 heterocycles. The number of guanidine groups is 1. The Bertz CT molecular complexity index is 1610. The van der Waals surface area contributed by atoms with Crippen molar-refractivity contribution in [3.05, 3.63) is 70.8 Å². The lowest BCUT2D eigenvalue weighted by Crippen LogP contribution is -2.61. The summed E-state index contributed by atoms with van der Waals surface area (Å²) in [4.78, 5) is 53.5. The Kier molecular flexibility index (Phi) is 14.0. The molecular formula is C29H40N10O7S. The number of aliphatic carboxylic acids is 1. The second kappa shape index (κ2) is 17.4. The fourth-order valence-corrected chi connectivity index (χ4v) is 6.11. The molecule has 2 aromatic rings. The molecule has 2 amide bonds. The summed E-state index contributed by atoms with van der Waals surface area (Å²) in [5, 5.41) is 29.6. The number of benzene rings is 2. The van der Waals surface area contributed by atoms with Crippen molar-refractivity contribution in [2.45, 2.75) is 49.4 Å². The van der Waals surface area contributed by atoms with Gasteiger partial charge in [-0.2, -0.15) is 4.72 Å². The third-order valence-electron chi connectivity index (χ3n) is 6.80. The number of carboxylic acids is 1. The van der Waals surface area contributed by atoms with E-state index in [9.17, 15) is 32.7 Å². The van der Waals surface area contributed by atoms with E-state index in [1.165, 1.54) is 42.5 Å². The van der Waals surface area contributed by atoms with Gasteiger partial charge < -0.3 is 43.5 Å². The Labute approximate surface area is 271 Å².